The highest BCUT2D eigenvalue weighted by atomic mass is 16.4. The predicted octanol–water partition coefficient (Wildman–Crippen LogP) is 0.104. The third-order valence-corrected chi connectivity index (χ3v) is 4.60. The van der Waals surface area contributed by atoms with Crippen LogP contribution in [0.4, 0.5) is 5.69 Å². The summed E-state index contributed by atoms with van der Waals surface area (Å²) in [6, 6.07) is 12.1. The molecule has 1 amide bonds. The number of nitrogens with zero attached hydrogens (tertiary/aromatic N) is 4. The van der Waals surface area contributed by atoms with E-state index in [2.05, 4.69) is 20.6 Å². The van der Waals surface area contributed by atoms with E-state index in [9.17, 15) is 14.8 Å². The van der Waals surface area contributed by atoms with Crippen LogP contribution in [0.5, 0.6) is 0 Å². The number of carbonyl (C=O) groups is 1. The summed E-state index contributed by atoms with van der Waals surface area (Å²) < 4.78 is 1.56. The molecule has 9 nitrogen and oxygen atoms in total. The fourth-order valence-electron chi connectivity index (χ4n) is 3.10. The molecule has 0 saturated carbocycles. The molecule has 0 aliphatic carbocycles. The number of nitrogen functional groups attached to an aromatic ring is 1. The Kier molecular flexibility index (Phi) is 4.71. The van der Waals surface area contributed by atoms with Gasteiger partial charge in [-0.25, -0.2) is 4.68 Å². The molecule has 0 spiro atoms. The molecule has 0 radical (unpaired) electrons. The maximum absolute atomic E-state index is 11.9. The zero-order valence-corrected chi connectivity index (χ0v) is 15.4. The zero-order chi connectivity index (χ0) is 20.5. The average Bonchev–Trinajstić information content (AvgIpc) is 3.22. The van der Waals surface area contributed by atoms with Gasteiger partial charge in [0, 0.05) is 24.2 Å². The van der Waals surface area contributed by atoms with Gasteiger partial charge in [-0.1, -0.05) is 18.2 Å². The normalized spacial score (nSPS) is 10.9. The molecule has 2 heterocycles. The highest BCUT2D eigenvalue weighted by molar-refractivity contribution is 6.58. The van der Waals surface area contributed by atoms with E-state index in [0.29, 0.717) is 27.9 Å². The van der Waals surface area contributed by atoms with E-state index < -0.39 is 7.12 Å². The maximum atomic E-state index is 11.9. The van der Waals surface area contributed by atoms with Gasteiger partial charge in [0.05, 0.1) is 23.1 Å². The SMILES string of the molecule is CNC(=O)c1ccn(-c2ccc(B(O)O)cc2-c2ccc3c(N)cnnc3c2)n1. The van der Waals surface area contributed by atoms with Crippen molar-refractivity contribution < 1.29 is 14.8 Å². The Hall–Kier alpha value is -3.76. The number of fused-ring (bicyclic) bond motifs is 1. The molecule has 144 valence electrons. The van der Waals surface area contributed by atoms with Gasteiger partial charge in [0.25, 0.3) is 5.91 Å². The third-order valence-electron chi connectivity index (χ3n) is 4.60. The van der Waals surface area contributed by atoms with Crippen LogP contribution in [0, 0.1) is 0 Å². The lowest BCUT2D eigenvalue weighted by molar-refractivity contribution is 0.0957. The fourth-order valence-corrected chi connectivity index (χ4v) is 3.10. The van der Waals surface area contributed by atoms with Crippen LogP contribution in [0.2, 0.25) is 0 Å². The molecule has 5 N–H and O–H groups in total. The minimum Gasteiger partial charge on any atom is -0.423 e. The lowest BCUT2D eigenvalue weighted by Gasteiger charge is -2.13. The Morgan fingerprint density at radius 3 is 2.76 bits per heavy atom. The number of nitrogens with one attached hydrogen (secondary N) is 1. The van der Waals surface area contributed by atoms with Crippen LogP contribution in [-0.4, -0.2) is 50.1 Å². The summed E-state index contributed by atoms with van der Waals surface area (Å²) in [7, 11) is -0.0933. The molecule has 0 unspecified atom stereocenters. The van der Waals surface area contributed by atoms with Crippen molar-refractivity contribution in [2.45, 2.75) is 0 Å². The van der Waals surface area contributed by atoms with Crippen molar-refractivity contribution in [3.8, 4) is 16.8 Å². The van der Waals surface area contributed by atoms with E-state index in [4.69, 9.17) is 5.73 Å². The summed E-state index contributed by atoms with van der Waals surface area (Å²) >= 11 is 0. The third kappa shape index (κ3) is 3.42. The smallest absolute Gasteiger partial charge is 0.423 e. The zero-order valence-electron chi connectivity index (χ0n) is 15.4. The van der Waals surface area contributed by atoms with Gasteiger partial charge in [-0.3, -0.25) is 4.79 Å². The first-order chi connectivity index (χ1) is 14.0. The minimum atomic E-state index is -1.63. The Balaban J connectivity index is 1.90. The Labute approximate surface area is 166 Å². The molecule has 0 aliphatic heterocycles. The fraction of sp³-hybridized carbons (Fsp3) is 0.0526. The van der Waals surface area contributed by atoms with Crippen molar-refractivity contribution >= 4 is 35.1 Å². The Morgan fingerprint density at radius 2 is 2.00 bits per heavy atom. The standard InChI is InChI=1S/C19H17BN6O3/c1-22-19(27)16-6-7-26(25-16)18-5-3-12(20(28)29)9-14(18)11-2-4-13-15(21)10-23-24-17(13)8-11/h2-10,28-29H,1H3,(H2,21,24)(H,22,27). The monoisotopic (exact) mass is 388 g/mol. The summed E-state index contributed by atoms with van der Waals surface area (Å²) in [5.41, 5.74) is 9.75. The molecule has 29 heavy (non-hydrogen) atoms. The summed E-state index contributed by atoms with van der Waals surface area (Å²) in [6.45, 7) is 0. The number of amides is 1. The van der Waals surface area contributed by atoms with Crippen molar-refractivity contribution in [1.29, 1.82) is 0 Å². The Bertz CT molecular complexity index is 1220. The van der Waals surface area contributed by atoms with Crippen molar-refractivity contribution in [1.82, 2.24) is 25.3 Å². The molecule has 0 atom stereocenters. The van der Waals surface area contributed by atoms with E-state index in [1.165, 1.54) is 13.2 Å². The lowest BCUT2D eigenvalue weighted by Crippen LogP contribution is -2.30. The lowest BCUT2D eigenvalue weighted by atomic mass is 9.78. The summed E-state index contributed by atoms with van der Waals surface area (Å²) in [4.78, 5) is 11.9. The van der Waals surface area contributed by atoms with Crippen LogP contribution in [0.15, 0.2) is 54.9 Å². The van der Waals surface area contributed by atoms with Gasteiger partial charge in [0.2, 0.25) is 0 Å². The second kappa shape index (κ2) is 7.34. The second-order valence-electron chi connectivity index (χ2n) is 6.41. The van der Waals surface area contributed by atoms with Crippen LogP contribution in [0.3, 0.4) is 0 Å². The number of hydrogen-bond donors (Lipinski definition) is 4. The Morgan fingerprint density at radius 1 is 1.17 bits per heavy atom. The summed E-state index contributed by atoms with van der Waals surface area (Å²) in [5.74, 6) is -0.302. The molecule has 2 aromatic heterocycles. The largest absolute Gasteiger partial charge is 0.488 e. The number of aromatic nitrogens is 4. The molecule has 2 aromatic carbocycles. The van der Waals surface area contributed by atoms with Crippen molar-refractivity contribution in [2.75, 3.05) is 12.8 Å². The van der Waals surface area contributed by atoms with Crippen molar-refractivity contribution in [2.24, 2.45) is 0 Å². The number of carbonyl (C=O) groups excluding carboxylic acids is 1. The molecule has 0 aliphatic rings. The number of anilines is 1. The van der Waals surface area contributed by atoms with E-state index in [1.54, 1.807) is 35.1 Å². The quantitative estimate of drug-likeness (QED) is 0.364. The topological polar surface area (TPSA) is 139 Å². The predicted molar refractivity (Wildman–Crippen MR) is 110 cm³/mol. The van der Waals surface area contributed by atoms with Gasteiger partial charge in [-0.05, 0) is 35.3 Å². The van der Waals surface area contributed by atoms with E-state index >= 15 is 0 Å². The minimum absolute atomic E-state index is 0.266. The van der Waals surface area contributed by atoms with Crippen molar-refractivity contribution in [3.63, 3.8) is 0 Å². The average molecular weight is 388 g/mol. The number of hydrogen-bond acceptors (Lipinski definition) is 7. The first-order valence-electron chi connectivity index (χ1n) is 8.77. The molecule has 10 heteroatoms. The molecule has 0 saturated heterocycles. The van der Waals surface area contributed by atoms with Crippen LogP contribution in [0.25, 0.3) is 27.7 Å². The molecule has 0 fully saturated rings. The van der Waals surface area contributed by atoms with Crippen LogP contribution < -0.4 is 16.5 Å². The van der Waals surface area contributed by atoms with Crippen LogP contribution in [-0.2, 0) is 0 Å². The molecule has 4 rings (SSSR count). The maximum Gasteiger partial charge on any atom is 0.488 e. The van der Waals surface area contributed by atoms with E-state index in [-0.39, 0.29) is 11.6 Å². The molecule has 0 bridgehead atoms. The summed E-state index contributed by atoms with van der Waals surface area (Å²) in [6.07, 6.45) is 3.15. The summed E-state index contributed by atoms with van der Waals surface area (Å²) in [5, 5.41) is 34.9. The van der Waals surface area contributed by atoms with Crippen LogP contribution >= 0.6 is 0 Å². The van der Waals surface area contributed by atoms with E-state index in [0.717, 1.165) is 10.9 Å². The molecular weight excluding hydrogens is 371 g/mol. The first-order valence-corrected chi connectivity index (χ1v) is 8.77. The van der Waals surface area contributed by atoms with E-state index in [1.807, 2.05) is 18.2 Å². The molecule has 4 aromatic rings. The number of benzene rings is 2. The van der Waals surface area contributed by atoms with Gasteiger partial charge >= 0.3 is 7.12 Å². The van der Waals surface area contributed by atoms with Crippen molar-refractivity contribution in [3.05, 3.63) is 60.6 Å². The molecular formula is C19H17BN6O3. The van der Waals surface area contributed by atoms with Gasteiger partial charge in [0.15, 0.2) is 5.69 Å². The first kappa shape index (κ1) is 18.6. The van der Waals surface area contributed by atoms with Gasteiger partial charge in [-0.15, -0.1) is 0 Å². The number of rotatable bonds is 4. The van der Waals surface area contributed by atoms with Gasteiger partial charge in [-0.2, -0.15) is 15.3 Å². The highest BCUT2D eigenvalue weighted by Crippen LogP contribution is 2.29. The van der Waals surface area contributed by atoms with Gasteiger partial charge in [0.1, 0.15) is 0 Å². The second-order valence-corrected chi connectivity index (χ2v) is 6.41. The van der Waals surface area contributed by atoms with Gasteiger partial charge < -0.3 is 21.1 Å². The number of nitrogens with two attached hydrogens (primary N) is 1. The highest BCUT2D eigenvalue weighted by Gasteiger charge is 2.17. The van der Waals surface area contributed by atoms with Crippen LogP contribution in [0.1, 0.15) is 10.5 Å².